The molecule has 0 amide bonds. The lowest BCUT2D eigenvalue weighted by molar-refractivity contribution is -0.140. The fourth-order valence-electron chi connectivity index (χ4n) is 2.05. The summed E-state index contributed by atoms with van der Waals surface area (Å²) >= 11 is 0. The number of hydrogen-bond acceptors (Lipinski definition) is 3. The normalized spacial score (nSPS) is 19.1. The number of carboxylic acid groups (broad SMARTS) is 1. The van der Waals surface area contributed by atoms with Crippen LogP contribution in [0.1, 0.15) is 30.1 Å². The first-order chi connectivity index (χ1) is 7.62. The van der Waals surface area contributed by atoms with E-state index in [0.717, 1.165) is 0 Å². The van der Waals surface area contributed by atoms with Gasteiger partial charge in [-0.2, -0.15) is 0 Å². The van der Waals surface area contributed by atoms with Crippen LogP contribution >= 0.6 is 0 Å². The smallest absolute Gasteiger partial charge is 0.314 e. The minimum Gasteiger partial charge on any atom is -0.481 e. The molecule has 1 aliphatic rings. The van der Waals surface area contributed by atoms with Gasteiger partial charge >= 0.3 is 5.97 Å². The highest BCUT2D eigenvalue weighted by atomic mass is 16.4. The van der Waals surface area contributed by atoms with Crippen LogP contribution in [0.4, 0.5) is 0 Å². The van der Waals surface area contributed by atoms with Gasteiger partial charge in [-0.15, -0.1) is 0 Å². The number of carboxylic acids is 1. The lowest BCUT2D eigenvalue weighted by Crippen LogP contribution is -2.22. The zero-order chi connectivity index (χ0) is 11.8. The molecule has 0 heterocycles. The Hall–Kier alpha value is -1.39. The third-order valence-corrected chi connectivity index (χ3v) is 3.17. The summed E-state index contributed by atoms with van der Waals surface area (Å²) in [7, 11) is 0. The Balaban J connectivity index is 2.45. The van der Waals surface area contributed by atoms with Gasteiger partial charge in [0, 0.05) is 0 Å². The monoisotopic (exact) mass is 222 g/mol. The Morgan fingerprint density at radius 3 is 2.50 bits per heavy atom. The second-order valence-electron chi connectivity index (χ2n) is 4.17. The van der Waals surface area contributed by atoms with Gasteiger partial charge in [-0.25, -0.2) is 0 Å². The van der Waals surface area contributed by atoms with E-state index in [9.17, 15) is 15.0 Å². The standard InChI is InChI=1S/C12H14O4/c13-7-10(14)8-3-1-2-4-9(8)12(5-6-12)11(15)16/h1-4,10,13-14H,5-7H2,(H,15,16). The van der Waals surface area contributed by atoms with E-state index in [2.05, 4.69) is 0 Å². The molecule has 0 radical (unpaired) electrons. The molecule has 0 saturated heterocycles. The predicted octanol–water partition coefficient (Wildman–Crippen LogP) is 0.829. The Labute approximate surface area is 93.2 Å². The Morgan fingerprint density at radius 2 is 2.00 bits per heavy atom. The Bertz CT molecular complexity index is 409. The molecule has 1 saturated carbocycles. The minimum atomic E-state index is -1.01. The largest absolute Gasteiger partial charge is 0.481 e. The van der Waals surface area contributed by atoms with Crippen molar-refractivity contribution in [2.45, 2.75) is 24.4 Å². The molecule has 4 nitrogen and oxygen atoms in total. The number of aliphatic carboxylic acids is 1. The van der Waals surface area contributed by atoms with Crippen molar-refractivity contribution in [1.82, 2.24) is 0 Å². The maximum absolute atomic E-state index is 11.2. The van der Waals surface area contributed by atoms with Gasteiger partial charge in [0.15, 0.2) is 0 Å². The maximum atomic E-state index is 11.2. The highest BCUT2D eigenvalue weighted by Crippen LogP contribution is 2.50. The van der Waals surface area contributed by atoms with Crippen LogP contribution < -0.4 is 0 Å². The van der Waals surface area contributed by atoms with Crippen molar-refractivity contribution in [2.24, 2.45) is 0 Å². The summed E-state index contributed by atoms with van der Waals surface area (Å²) in [5.41, 5.74) is 0.307. The van der Waals surface area contributed by atoms with Crippen molar-refractivity contribution in [3.05, 3.63) is 35.4 Å². The van der Waals surface area contributed by atoms with Crippen molar-refractivity contribution in [1.29, 1.82) is 0 Å². The summed E-state index contributed by atoms with van der Waals surface area (Å²) in [6.45, 7) is -0.396. The molecule has 1 unspecified atom stereocenters. The zero-order valence-electron chi connectivity index (χ0n) is 8.76. The van der Waals surface area contributed by atoms with E-state index in [-0.39, 0.29) is 0 Å². The average molecular weight is 222 g/mol. The molecule has 0 aliphatic heterocycles. The topological polar surface area (TPSA) is 77.8 Å². The van der Waals surface area contributed by atoms with Gasteiger partial charge in [0.05, 0.1) is 12.0 Å². The molecule has 1 fully saturated rings. The van der Waals surface area contributed by atoms with Gasteiger partial charge in [0.1, 0.15) is 6.10 Å². The number of carbonyl (C=O) groups is 1. The van der Waals surface area contributed by atoms with Crippen LogP contribution in [0.15, 0.2) is 24.3 Å². The van der Waals surface area contributed by atoms with E-state index in [0.29, 0.717) is 24.0 Å². The number of benzene rings is 1. The van der Waals surface area contributed by atoms with Crippen LogP contribution in [-0.2, 0) is 10.2 Å². The van der Waals surface area contributed by atoms with E-state index < -0.39 is 24.1 Å². The Morgan fingerprint density at radius 1 is 1.38 bits per heavy atom. The second kappa shape index (κ2) is 3.88. The molecule has 2 rings (SSSR count). The van der Waals surface area contributed by atoms with Gasteiger partial charge in [-0.1, -0.05) is 24.3 Å². The lowest BCUT2D eigenvalue weighted by Gasteiger charge is -2.18. The van der Waals surface area contributed by atoms with Crippen LogP contribution in [0.25, 0.3) is 0 Å². The minimum absolute atomic E-state index is 0.396. The van der Waals surface area contributed by atoms with Crippen LogP contribution in [0.3, 0.4) is 0 Å². The van der Waals surface area contributed by atoms with Gasteiger partial charge in [0.2, 0.25) is 0 Å². The van der Waals surface area contributed by atoms with Gasteiger partial charge in [-0.05, 0) is 24.0 Å². The molecule has 0 aromatic heterocycles. The van der Waals surface area contributed by atoms with E-state index in [4.69, 9.17) is 5.11 Å². The first kappa shape index (κ1) is 11.1. The quantitative estimate of drug-likeness (QED) is 0.705. The first-order valence-corrected chi connectivity index (χ1v) is 5.23. The summed E-state index contributed by atoms with van der Waals surface area (Å²) in [5, 5.41) is 27.8. The highest BCUT2D eigenvalue weighted by Gasteiger charge is 2.53. The molecule has 16 heavy (non-hydrogen) atoms. The molecule has 1 aromatic carbocycles. The number of aliphatic hydroxyl groups is 2. The number of aliphatic hydroxyl groups excluding tert-OH is 2. The third kappa shape index (κ3) is 1.60. The molecule has 0 spiro atoms. The summed E-state index contributed by atoms with van der Waals surface area (Å²) in [6.07, 6.45) is 0.183. The molecular weight excluding hydrogens is 208 g/mol. The van der Waals surface area contributed by atoms with Crippen LogP contribution in [0.2, 0.25) is 0 Å². The zero-order valence-corrected chi connectivity index (χ0v) is 8.76. The molecule has 0 bridgehead atoms. The number of rotatable bonds is 4. The SMILES string of the molecule is O=C(O)C1(c2ccccc2C(O)CO)CC1. The molecule has 3 N–H and O–H groups in total. The molecule has 1 aromatic rings. The van der Waals surface area contributed by atoms with Gasteiger partial charge in [0.25, 0.3) is 0 Å². The maximum Gasteiger partial charge on any atom is 0.314 e. The van der Waals surface area contributed by atoms with Gasteiger partial charge in [-0.3, -0.25) is 4.79 Å². The third-order valence-electron chi connectivity index (χ3n) is 3.17. The van der Waals surface area contributed by atoms with Crippen molar-refractivity contribution >= 4 is 5.97 Å². The highest BCUT2D eigenvalue weighted by molar-refractivity contribution is 5.85. The fourth-order valence-corrected chi connectivity index (χ4v) is 2.05. The Kier molecular flexibility index (Phi) is 2.69. The van der Waals surface area contributed by atoms with Crippen molar-refractivity contribution < 1.29 is 20.1 Å². The van der Waals surface area contributed by atoms with Crippen LogP contribution in [0, 0.1) is 0 Å². The summed E-state index contributed by atoms with van der Waals surface area (Å²) in [6, 6.07) is 6.87. The fraction of sp³-hybridized carbons (Fsp3) is 0.417. The van der Waals surface area contributed by atoms with Crippen molar-refractivity contribution in [3.63, 3.8) is 0 Å². The number of hydrogen-bond donors (Lipinski definition) is 3. The molecular formula is C12H14O4. The van der Waals surface area contributed by atoms with E-state index in [1.54, 1.807) is 24.3 Å². The van der Waals surface area contributed by atoms with Crippen LogP contribution in [0.5, 0.6) is 0 Å². The first-order valence-electron chi connectivity index (χ1n) is 5.23. The molecule has 1 atom stereocenters. The van der Waals surface area contributed by atoms with E-state index >= 15 is 0 Å². The van der Waals surface area contributed by atoms with Gasteiger partial charge < -0.3 is 15.3 Å². The summed E-state index contributed by atoms with van der Waals surface area (Å²) in [5.74, 6) is -0.856. The van der Waals surface area contributed by atoms with Crippen LogP contribution in [-0.4, -0.2) is 27.9 Å². The average Bonchev–Trinajstić information content (AvgIpc) is 3.09. The summed E-state index contributed by atoms with van der Waals surface area (Å²) in [4.78, 5) is 11.2. The summed E-state index contributed by atoms with van der Waals surface area (Å²) < 4.78 is 0. The van der Waals surface area contributed by atoms with Crippen molar-refractivity contribution in [2.75, 3.05) is 6.61 Å². The predicted molar refractivity (Wildman–Crippen MR) is 57.0 cm³/mol. The van der Waals surface area contributed by atoms with E-state index in [1.807, 2.05) is 0 Å². The second-order valence-corrected chi connectivity index (χ2v) is 4.17. The lowest BCUT2D eigenvalue weighted by atomic mass is 9.89. The van der Waals surface area contributed by atoms with E-state index in [1.165, 1.54) is 0 Å². The molecule has 1 aliphatic carbocycles. The molecule has 4 heteroatoms. The van der Waals surface area contributed by atoms with Crippen molar-refractivity contribution in [3.8, 4) is 0 Å². The molecule has 86 valence electrons.